The molecule has 1 aromatic heterocycles. The summed E-state index contributed by atoms with van der Waals surface area (Å²) in [7, 11) is 0. The highest BCUT2D eigenvalue weighted by Crippen LogP contribution is 2.35. The predicted molar refractivity (Wildman–Crippen MR) is 94.0 cm³/mol. The normalized spacial score (nSPS) is 22.1. The number of carbonyl (C=O) groups excluding carboxylic acids is 2. The average molecular weight is 350 g/mol. The van der Waals surface area contributed by atoms with E-state index < -0.39 is 0 Å². The van der Waals surface area contributed by atoms with Gasteiger partial charge in [0.05, 0.1) is 5.92 Å². The molecule has 1 aliphatic carbocycles. The van der Waals surface area contributed by atoms with Crippen LogP contribution in [0.4, 0.5) is 5.13 Å². The van der Waals surface area contributed by atoms with Gasteiger partial charge in [0.25, 0.3) is 0 Å². The van der Waals surface area contributed by atoms with Crippen LogP contribution in [0, 0.1) is 5.92 Å². The minimum Gasteiger partial charge on any atom is -0.342 e. The summed E-state index contributed by atoms with van der Waals surface area (Å²) in [6, 6.07) is 0. The molecule has 2 aliphatic rings. The molecule has 1 N–H and O–H groups in total. The van der Waals surface area contributed by atoms with E-state index >= 15 is 0 Å². The summed E-state index contributed by atoms with van der Waals surface area (Å²) < 4.78 is 0. The number of aromatic nitrogens is 2. The van der Waals surface area contributed by atoms with E-state index in [9.17, 15) is 9.59 Å². The molecule has 6 nitrogen and oxygen atoms in total. The number of rotatable bonds is 6. The minimum absolute atomic E-state index is 0.0868. The Morgan fingerprint density at radius 1 is 1.29 bits per heavy atom. The van der Waals surface area contributed by atoms with Gasteiger partial charge in [0, 0.05) is 25.4 Å². The topological polar surface area (TPSA) is 75.2 Å². The Morgan fingerprint density at radius 2 is 2.08 bits per heavy atom. The van der Waals surface area contributed by atoms with Crippen molar-refractivity contribution in [2.45, 2.75) is 64.2 Å². The van der Waals surface area contributed by atoms with Gasteiger partial charge in [-0.25, -0.2) is 0 Å². The molecule has 24 heavy (non-hydrogen) atoms. The van der Waals surface area contributed by atoms with Crippen molar-refractivity contribution in [3.05, 3.63) is 5.01 Å². The van der Waals surface area contributed by atoms with Gasteiger partial charge < -0.3 is 10.2 Å². The van der Waals surface area contributed by atoms with E-state index in [-0.39, 0.29) is 17.7 Å². The number of likely N-dealkylation sites (tertiary alicyclic amines) is 1. The number of anilines is 1. The van der Waals surface area contributed by atoms with Gasteiger partial charge in [0.15, 0.2) is 0 Å². The number of hydrogen-bond acceptors (Lipinski definition) is 5. The maximum atomic E-state index is 12.4. The third-order valence-electron chi connectivity index (χ3n) is 4.99. The van der Waals surface area contributed by atoms with Crippen molar-refractivity contribution in [2.75, 3.05) is 18.4 Å². The SMILES string of the molecule is CCCCN1CC(C(=O)Nc2nnc(C3CCCCC3)s2)CC1=O. The first-order valence-electron chi connectivity index (χ1n) is 9.09. The number of carbonyl (C=O) groups is 2. The van der Waals surface area contributed by atoms with Crippen molar-refractivity contribution in [3.63, 3.8) is 0 Å². The van der Waals surface area contributed by atoms with Gasteiger partial charge in [-0.2, -0.15) is 0 Å². The van der Waals surface area contributed by atoms with Crippen LogP contribution in [0.3, 0.4) is 0 Å². The van der Waals surface area contributed by atoms with Crippen LogP contribution in [-0.4, -0.2) is 40.0 Å². The zero-order valence-corrected chi connectivity index (χ0v) is 15.1. The van der Waals surface area contributed by atoms with Crippen molar-refractivity contribution in [2.24, 2.45) is 5.92 Å². The molecular weight excluding hydrogens is 324 g/mol. The fourth-order valence-corrected chi connectivity index (χ4v) is 4.44. The Labute approximate surface area is 147 Å². The highest BCUT2D eigenvalue weighted by molar-refractivity contribution is 7.15. The molecule has 1 saturated heterocycles. The molecule has 2 heterocycles. The molecule has 2 fully saturated rings. The fourth-order valence-electron chi connectivity index (χ4n) is 3.52. The van der Waals surface area contributed by atoms with Crippen LogP contribution in [0.5, 0.6) is 0 Å². The van der Waals surface area contributed by atoms with Crippen molar-refractivity contribution in [3.8, 4) is 0 Å². The van der Waals surface area contributed by atoms with Gasteiger partial charge in [-0.05, 0) is 19.3 Å². The summed E-state index contributed by atoms with van der Waals surface area (Å²) in [5, 5.41) is 12.9. The molecule has 1 aromatic rings. The Hall–Kier alpha value is -1.50. The summed E-state index contributed by atoms with van der Waals surface area (Å²) >= 11 is 1.49. The van der Waals surface area contributed by atoms with Gasteiger partial charge in [-0.3, -0.25) is 9.59 Å². The van der Waals surface area contributed by atoms with Crippen molar-refractivity contribution < 1.29 is 9.59 Å². The summed E-state index contributed by atoms with van der Waals surface area (Å²) in [6.45, 7) is 3.38. The maximum Gasteiger partial charge on any atom is 0.231 e. The van der Waals surface area contributed by atoms with Crippen LogP contribution in [0.15, 0.2) is 0 Å². The standard InChI is InChI=1S/C17H26N4O2S/c1-2-3-9-21-11-13(10-14(21)22)15(23)18-17-20-19-16(24-17)12-7-5-4-6-8-12/h12-13H,2-11H2,1H3,(H,18,20,23). The van der Waals surface area contributed by atoms with Crippen LogP contribution in [0.25, 0.3) is 0 Å². The largest absolute Gasteiger partial charge is 0.342 e. The minimum atomic E-state index is -0.267. The molecule has 1 unspecified atom stereocenters. The van der Waals surface area contributed by atoms with E-state index in [2.05, 4.69) is 22.4 Å². The van der Waals surface area contributed by atoms with Crippen LogP contribution < -0.4 is 5.32 Å². The van der Waals surface area contributed by atoms with Gasteiger partial charge in [0.2, 0.25) is 16.9 Å². The molecule has 1 saturated carbocycles. The zero-order chi connectivity index (χ0) is 16.9. The van der Waals surface area contributed by atoms with E-state index in [4.69, 9.17) is 0 Å². The number of hydrogen-bond donors (Lipinski definition) is 1. The molecule has 0 aromatic carbocycles. The van der Waals surface area contributed by atoms with Gasteiger partial charge in [-0.15, -0.1) is 10.2 Å². The van der Waals surface area contributed by atoms with E-state index in [1.54, 1.807) is 4.90 Å². The Bertz CT molecular complexity index is 583. The molecule has 0 radical (unpaired) electrons. The van der Waals surface area contributed by atoms with Crippen molar-refractivity contribution in [1.29, 1.82) is 0 Å². The molecule has 2 amide bonds. The third-order valence-corrected chi connectivity index (χ3v) is 5.99. The number of amides is 2. The quantitative estimate of drug-likeness (QED) is 0.855. The second-order valence-corrected chi connectivity index (χ2v) is 7.87. The zero-order valence-electron chi connectivity index (χ0n) is 14.3. The summed E-state index contributed by atoms with van der Waals surface area (Å²) in [4.78, 5) is 26.2. The Balaban J connectivity index is 1.53. The van der Waals surface area contributed by atoms with Crippen LogP contribution in [-0.2, 0) is 9.59 Å². The molecule has 0 spiro atoms. The summed E-state index contributed by atoms with van der Waals surface area (Å²) in [5.41, 5.74) is 0. The molecular formula is C17H26N4O2S. The van der Waals surface area contributed by atoms with Crippen LogP contribution >= 0.6 is 11.3 Å². The van der Waals surface area contributed by atoms with Crippen LogP contribution in [0.2, 0.25) is 0 Å². The second-order valence-electron chi connectivity index (χ2n) is 6.86. The lowest BCUT2D eigenvalue weighted by Gasteiger charge is -2.18. The van der Waals surface area contributed by atoms with Gasteiger partial charge >= 0.3 is 0 Å². The Kier molecular flexibility index (Phi) is 5.81. The lowest BCUT2D eigenvalue weighted by molar-refractivity contribution is -0.128. The first-order valence-corrected chi connectivity index (χ1v) is 9.91. The number of unbranched alkanes of at least 4 members (excludes halogenated alkanes) is 1. The number of nitrogens with zero attached hydrogens (tertiary/aromatic N) is 3. The van der Waals surface area contributed by atoms with Gasteiger partial charge in [-0.1, -0.05) is 43.9 Å². The number of nitrogens with one attached hydrogen (secondary N) is 1. The smallest absolute Gasteiger partial charge is 0.231 e. The van der Waals surface area contributed by atoms with Crippen molar-refractivity contribution >= 4 is 28.3 Å². The van der Waals surface area contributed by atoms with E-state index in [0.29, 0.717) is 24.0 Å². The monoisotopic (exact) mass is 350 g/mol. The lowest BCUT2D eigenvalue weighted by atomic mass is 9.90. The van der Waals surface area contributed by atoms with E-state index in [0.717, 1.165) is 24.4 Å². The molecule has 132 valence electrons. The highest BCUT2D eigenvalue weighted by atomic mass is 32.1. The molecule has 7 heteroatoms. The van der Waals surface area contributed by atoms with Crippen LogP contribution in [0.1, 0.15) is 69.2 Å². The van der Waals surface area contributed by atoms with Gasteiger partial charge in [0.1, 0.15) is 5.01 Å². The van der Waals surface area contributed by atoms with E-state index in [1.165, 1.54) is 43.4 Å². The summed E-state index contributed by atoms with van der Waals surface area (Å²) in [6.07, 6.45) is 8.51. The van der Waals surface area contributed by atoms with Crippen molar-refractivity contribution in [1.82, 2.24) is 15.1 Å². The van der Waals surface area contributed by atoms with E-state index in [1.807, 2.05) is 0 Å². The molecule has 1 atom stereocenters. The molecule has 1 aliphatic heterocycles. The third kappa shape index (κ3) is 4.12. The average Bonchev–Trinajstić information content (AvgIpc) is 3.20. The lowest BCUT2D eigenvalue weighted by Crippen LogP contribution is -2.29. The molecule has 3 rings (SSSR count). The maximum absolute atomic E-state index is 12.4. The highest BCUT2D eigenvalue weighted by Gasteiger charge is 2.34. The first-order chi connectivity index (χ1) is 11.7. The Morgan fingerprint density at radius 3 is 2.83 bits per heavy atom. The predicted octanol–water partition coefficient (Wildman–Crippen LogP) is 3.17. The summed E-state index contributed by atoms with van der Waals surface area (Å²) in [5.74, 6) is 0.216. The first kappa shape index (κ1) is 17.3. The second kappa shape index (κ2) is 8.05. The molecule has 0 bridgehead atoms. The fraction of sp³-hybridized carbons (Fsp3) is 0.765.